The van der Waals surface area contributed by atoms with Crippen LogP contribution in [0.3, 0.4) is 0 Å². The van der Waals surface area contributed by atoms with Crippen molar-refractivity contribution in [2.45, 2.75) is 0 Å². The molecule has 0 fully saturated rings. The van der Waals surface area contributed by atoms with Gasteiger partial charge in [0.1, 0.15) is 11.9 Å². The van der Waals surface area contributed by atoms with Crippen LogP contribution in [0.1, 0.15) is 10.4 Å². The van der Waals surface area contributed by atoms with E-state index in [0.29, 0.717) is 0 Å². The molecular formula is C7H6ClLiO5. The zero-order chi connectivity index (χ0) is 10.0. The molecule has 0 spiro atoms. The molecule has 0 amide bonds. The number of hydrogen-bond donors (Lipinski definition) is 3. The molecule has 1 aromatic carbocycles. The normalized spacial score (nSPS) is 8.93. The second-order valence-corrected chi connectivity index (χ2v) is 2.38. The van der Waals surface area contributed by atoms with E-state index in [4.69, 9.17) is 27.2 Å². The number of rotatable bonds is 1. The molecular weight excluding hydrogens is 206 g/mol. The minimum atomic E-state index is -0.938. The first-order valence-corrected chi connectivity index (χ1v) is 3.45. The van der Waals surface area contributed by atoms with Gasteiger partial charge in [0.15, 0.2) is 17.2 Å². The molecule has 7 heteroatoms. The zero-order valence-corrected chi connectivity index (χ0v) is 6.95. The van der Waals surface area contributed by atoms with Crippen molar-refractivity contribution in [2.24, 2.45) is 0 Å². The monoisotopic (exact) mass is 212 g/mol. The summed E-state index contributed by atoms with van der Waals surface area (Å²) in [5.41, 5.74) is -0.164. The van der Waals surface area contributed by atoms with E-state index < -0.39 is 23.2 Å². The fourth-order valence-corrected chi connectivity index (χ4v) is 0.856. The molecule has 0 saturated heterocycles. The van der Waals surface area contributed by atoms with Crippen LogP contribution in [0.4, 0.5) is 0 Å². The summed E-state index contributed by atoms with van der Waals surface area (Å²) in [6.07, 6.45) is 0. The van der Waals surface area contributed by atoms with Crippen LogP contribution in [0.25, 0.3) is 0 Å². The Balaban J connectivity index is 0.00000169. The van der Waals surface area contributed by atoms with E-state index in [9.17, 15) is 4.79 Å². The first kappa shape index (κ1) is 13.0. The van der Waals surface area contributed by atoms with E-state index in [1.165, 1.54) is 0 Å². The maximum atomic E-state index is 10.8. The number of hydrogen-bond acceptors (Lipinski definition) is 5. The SMILES string of the molecule is O=C(OCl)c1cc(O)c(O)c(O)c1.[LiH]. The molecule has 0 atom stereocenters. The average Bonchev–Trinajstić information content (AvgIpc) is 2.12. The summed E-state index contributed by atoms with van der Waals surface area (Å²) in [4.78, 5) is 10.8. The van der Waals surface area contributed by atoms with Crippen LogP contribution in [0.5, 0.6) is 17.2 Å². The number of aromatic hydroxyl groups is 3. The van der Waals surface area contributed by atoms with Crippen molar-refractivity contribution in [3.05, 3.63) is 17.7 Å². The van der Waals surface area contributed by atoms with E-state index >= 15 is 0 Å². The van der Waals surface area contributed by atoms with Gasteiger partial charge in [-0.15, -0.1) is 0 Å². The Morgan fingerprint density at radius 3 is 2.00 bits per heavy atom. The molecule has 0 aliphatic carbocycles. The van der Waals surface area contributed by atoms with Gasteiger partial charge in [0.25, 0.3) is 0 Å². The van der Waals surface area contributed by atoms with Gasteiger partial charge in [0, 0.05) is 0 Å². The first-order chi connectivity index (χ1) is 6.06. The van der Waals surface area contributed by atoms with E-state index in [1.54, 1.807) is 0 Å². The van der Waals surface area contributed by atoms with Crippen molar-refractivity contribution in [1.29, 1.82) is 0 Å². The Kier molecular flexibility index (Phi) is 4.64. The quantitative estimate of drug-likeness (QED) is 0.465. The number of phenols is 3. The van der Waals surface area contributed by atoms with Gasteiger partial charge in [-0.2, -0.15) is 0 Å². The number of carbonyl (C=O) groups is 1. The van der Waals surface area contributed by atoms with Crippen LogP contribution in [0.15, 0.2) is 12.1 Å². The Bertz CT molecular complexity index is 331. The van der Waals surface area contributed by atoms with Gasteiger partial charge in [-0.1, -0.05) is 0 Å². The molecule has 5 nitrogen and oxygen atoms in total. The van der Waals surface area contributed by atoms with Crippen molar-refractivity contribution >= 4 is 36.7 Å². The predicted molar refractivity (Wildman–Crippen MR) is 49.9 cm³/mol. The van der Waals surface area contributed by atoms with Crippen molar-refractivity contribution < 1.29 is 24.4 Å². The molecule has 0 heterocycles. The standard InChI is InChI=1S/C7H5ClO5.Li.H/c8-13-7(12)3-1-4(9)6(11)5(10)2-3;;/h1-2,9-11H;;. The molecule has 1 aromatic rings. The van der Waals surface area contributed by atoms with Gasteiger partial charge in [-0.3, -0.25) is 0 Å². The van der Waals surface area contributed by atoms with Crippen molar-refractivity contribution in [3.63, 3.8) is 0 Å². The van der Waals surface area contributed by atoms with Crippen LogP contribution in [0.2, 0.25) is 0 Å². The van der Waals surface area contributed by atoms with Crippen LogP contribution in [-0.4, -0.2) is 40.1 Å². The average molecular weight is 213 g/mol. The fraction of sp³-hybridized carbons (Fsp3) is 0. The van der Waals surface area contributed by atoms with E-state index in [2.05, 4.69) is 4.29 Å². The topological polar surface area (TPSA) is 87.0 Å². The Labute approximate surface area is 96.2 Å². The van der Waals surface area contributed by atoms with Crippen LogP contribution >= 0.6 is 11.9 Å². The number of benzene rings is 1. The maximum absolute atomic E-state index is 10.8. The first-order valence-electron chi connectivity index (χ1n) is 3.14. The van der Waals surface area contributed by atoms with Gasteiger partial charge in [0.2, 0.25) is 0 Å². The van der Waals surface area contributed by atoms with Crippen LogP contribution in [-0.2, 0) is 4.29 Å². The summed E-state index contributed by atoms with van der Waals surface area (Å²) >= 11 is 4.76. The third-order valence-electron chi connectivity index (χ3n) is 1.38. The second-order valence-electron chi connectivity index (χ2n) is 2.23. The minimum absolute atomic E-state index is 0. The molecule has 0 radical (unpaired) electrons. The summed E-state index contributed by atoms with van der Waals surface area (Å²) in [7, 11) is 0. The molecule has 0 aliphatic heterocycles. The number of phenolic OH excluding ortho intramolecular Hbond substituents is 3. The molecule has 0 aromatic heterocycles. The predicted octanol–water partition coefficient (Wildman–Crippen LogP) is 0.465. The van der Waals surface area contributed by atoms with E-state index in [-0.39, 0.29) is 24.4 Å². The molecule has 0 bridgehead atoms. The molecule has 3 N–H and O–H groups in total. The fourth-order valence-electron chi connectivity index (χ4n) is 0.767. The van der Waals surface area contributed by atoms with Crippen molar-refractivity contribution in [1.82, 2.24) is 0 Å². The van der Waals surface area contributed by atoms with Crippen molar-refractivity contribution in [3.8, 4) is 17.2 Å². The zero-order valence-electron chi connectivity index (χ0n) is 6.19. The Morgan fingerprint density at radius 1 is 1.21 bits per heavy atom. The van der Waals surface area contributed by atoms with Crippen LogP contribution < -0.4 is 0 Å². The van der Waals surface area contributed by atoms with Crippen LogP contribution in [0, 0.1) is 0 Å². The van der Waals surface area contributed by atoms with Gasteiger partial charge in [-0.05, 0) is 12.1 Å². The molecule has 0 unspecified atom stereocenters. The van der Waals surface area contributed by atoms with Gasteiger partial charge in [-0.25, -0.2) is 4.79 Å². The third kappa shape index (κ3) is 2.48. The van der Waals surface area contributed by atoms with Gasteiger partial charge in [0.05, 0.1) is 5.56 Å². The van der Waals surface area contributed by atoms with E-state index in [0.717, 1.165) is 12.1 Å². The third-order valence-corrected chi connectivity index (χ3v) is 1.52. The Hall–Kier alpha value is -1.02. The number of carbonyl (C=O) groups excluding carboxylic acids is 1. The van der Waals surface area contributed by atoms with Gasteiger partial charge < -0.3 is 19.6 Å². The summed E-state index contributed by atoms with van der Waals surface area (Å²) in [6.45, 7) is 0. The van der Waals surface area contributed by atoms with Crippen molar-refractivity contribution in [2.75, 3.05) is 0 Å². The summed E-state index contributed by atoms with van der Waals surface area (Å²) in [6, 6.07) is 1.83. The van der Waals surface area contributed by atoms with Gasteiger partial charge >= 0.3 is 24.8 Å². The molecule has 14 heavy (non-hydrogen) atoms. The summed E-state index contributed by atoms with van der Waals surface area (Å²) in [5.74, 6) is -2.90. The van der Waals surface area contributed by atoms with E-state index in [1.807, 2.05) is 0 Å². The summed E-state index contributed by atoms with van der Waals surface area (Å²) < 4.78 is 3.82. The Morgan fingerprint density at radius 2 is 1.64 bits per heavy atom. The second kappa shape index (κ2) is 5.01. The molecule has 0 saturated carbocycles. The molecule has 72 valence electrons. The molecule has 0 aliphatic rings. The summed E-state index contributed by atoms with van der Waals surface area (Å²) in [5, 5.41) is 26.8. The number of halogens is 1. The molecule has 1 rings (SSSR count).